The van der Waals surface area contributed by atoms with Gasteiger partial charge in [0, 0.05) is 36.9 Å². The van der Waals surface area contributed by atoms with Crippen LogP contribution in [0.5, 0.6) is 5.75 Å². The van der Waals surface area contributed by atoms with Gasteiger partial charge in [-0.3, -0.25) is 19.6 Å². The topological polar surface area (TPSA) is 92.6 Å². The van der Waals surface area contributed by atoms with Gasteiger partial charge < -0.3 is 14.7 Å². The first kappa shape index (κ1) is 23.2. The lowest BCUT2D eigenvalue weighted by Gasteiger charge is -2.25. The zero-order valence-corrected chi connectivity index (χ0v) is 19.4. The zero-order chi connectivity index (χ0) is 24.2. The van der Waals surface area contributed by atoms with E-state index in [1.54, 1.807) is 61.2 Å². The number of aryl methyl sites for hydroxylation is 1. The Kier molecular flexibility index (Phi) is 6.72. The number of rotatable bonds is 7. The average Bonchev–Trinajstić information content (AvgIpc) is 3.09. The predicted molar refractivity (Wildman–Crippen MR) is 128 cm³/mol. The molecule has 3 aromatic rings. The number of hydrogen-bond donors (Lipinski definition) is 1. The highest BCUT2D eigenvalue weighted by molar-refractivity contribution is 6.46. The molecule has 7 heteroatoms. The molecule has 0 bridgehead atoms. The van der Waals surface area contributed by atoms with E-state index in [4.69, 9.17) is 4.74 Å². The van der Waals surface area contributed by atoms with Crippen LogP contribution in [-0.4, -0.2) is 38.3 Å². The van der Waals surface area contributed by atoms with Gasteiger partial charge >= 0.3 is 0 Å². The van der Waals surface area contributed by atoms with Crippen LogP contribution in [0.25, 0.3) is 5.76 Å². The molecule has 7 nitrogen and oxygen atoms in total. The number of benzene rings is 1. The maximum absolute atomic E-state index is 13.2. The number of likely N-dealkylation sites (tertiary alicyclic amines) is 1. The molecule has 0 radical (unpaired) electrons. The molecule has 1 aliphatic heterocycles. The lowest BCUT2D eigenvalue weighted by atomic mass is 9.95. The number of amides is 1. The summed E-state index contributed by atoms with van der Waals surface area (Å²) in [6.07, 6.45) is 6.51. The van der Waals surface area contributed by atoms with E-state index in [9.17, 15) is 14.7 Å². The molecule has 0 saturated carbocycles. The van der Waals surface area contributed by atoms with Gasteiger partial charge in [0.05, 0.1) is 18.2 Å². The number of nitrogens with zero attached hydrogens (tertiary/aromatic N) is 3. The van der Waals surface area contributed by atoms with Gasteiger partial charge in [-0.05, 0) is 65.9 Å². The van der Waals surface area contributed by atoms with E-state index >= 15 is 0 Å². The summed E-state index contributed by atoms with van der Waals surface area (Å²) in [7, 11) is 0. The molecule has 1 aliphatic rings. The smallest absolute Gasteiger partial charge is 0.295 e. The number of carbonyl (C=O) groups excluding carboxylic acids is 2. The molecule has 4 rings (SSSR count). The van der Waals surface area contributed by atoms with Crippen molar-refractivity contribution in [3.8, 4) is 5.75 Å². The van der Waals surface area contributed by atoms with Crippen molar-refractivity contribution < 1.29 is 19.4 Å². The van der Waals surface area contributed by atoms with Crippen LogP contribution in [0.15, 0.2) is 72.8 Å². The summed E-state index contributed by atoms with van der Waals surface area (Å²) < 4.78 is 5.83. The molecule has 1 fully saturated rings. The van der Waals surface area contributed by atoms with Gasteiger partial charge in [-0.15, -0.1) is 0 Å². The van der Waals surface area contributed by atoms with Gasteiger partial charge in [0.25, 0.3) is 11.7 Å². The fraction of sp³-hybridized carbons (Fsp3) is 0.259. The van der Waals surface area contributed by atoms with Crippen LogP contribution in [-0.2, 0) is 16.1 Å². The van der Waals surface area contributed by atoms with Crippen molar-refractivity contribution in [3.63, 3.8) is 0 Å². The van der Waals surface area contributed by atoms with Crippen molar-refractivity contribution in [1.82, 2.24) is 14.9 Å². The van der Waals surface area contributed by atoms with Crippen LogP contribution in [0, 0.1) is 12.8 Å². The normalized spacial score (nSPS) is 17.4. The van der Waals surface area contributed by atoms with E-state index < -0.39 is 17.7 Å². The van der Waals surface area contributed by atoms with Crippen molar-refractivity contribution in [2.45, 2.75) is 33.4 Å². The Morgan fingerprint density at radius 1 is 1.09 bits per heavy atom. The Balaban J connectivity index is 1.77. The molecular formula is C27H27N3O4. The third-order valence-electron chi connectivity index (χ3n) is 5.66. The van der Waals surface area contributed by atoms with Crippen LogP contribution in [0.4, 0.5) is 0 Å². The summed E-state index contributed by atoms with van der Waals surface area (Å²) >= 11 is 0. The van der Waals surface area contributed by atoms with E-state index in [0.717, 1.165) is 11.1 Å². The van der Waals surface area contributed by atoms with E-state index in [0.29, 0.717) is 29.4 Å². The zero-order valence-electron chi connectivity index (χ0n) is 19.4. The maximum atomic E-state index is 13.2. The molecule has 1 N–H and O–H groups in total. The number of aliphatic hydroxyl groups excluding tert-OH is 1. The summed E-state index contributed by atoms with van der Waals surface area (Å²) in [4.78, 5) is 35.9. The summed E-state index contributed by atoms with van der Waals surface area (Å²) in [5, 5.41) is 11.3. The molecule has 174 valence electrons. The number of aliphatic hydroxyl groups is 1. The minimum Gasteiger partial charge on any atom is -0.507 e. The average molecular weight is 458 g/mol. The molecule has 1 aromatic carbocycles. The van der Waals surface area contributed by atoms with Gasteiger partial charge in [0.1, 0.15) is 11.5 Å². The molecule has 1 saturated heterocycles. The molecule has 0 unspecified atom stereocenters. The highest BCUT2D eigenvalue weighted by Crippen LogP contribution is 2.40. The number of hydrogen-bond acceptors (Lipinski definition) is 6. The second kappa shape index (κ2) is 9.87. The molecule has 3 heterocycles. The Morgan fingerprint density at radius 2 is 1.85 bits per heavy atom. The van der Waals surface area contributed by atoms with Gasteiger partial charge in [-0.25, -0.2) is 0 Å². The van der Waals surface area contributed by atoms with E-state index in [1.807, 2.05) is 13.0 Å². The Bertz CT molecular complexity index is 1220. The van der Waals surface area contributed by atoms with Crippen LogP contribution < -0.4 is 4.74 Å². The number of ketones is 1. The summed E-state index contributed by atoms with van der Waals surface area (Å²) in [5.74, 6) is -0.509. The first-order valence-electron chi connectivity index (χ1n) is 11.2. The molecular weight excluding hydrogens is 430 g/mol. The number of ether oxygens (including phenoxy) is 1. The standard InChI is InChI=1S/C27H27N3O4/c1-17(2)16-34-22-7-6-21(13-18(22)3)25(31)23-24(20-8-11-28-12-9-20)30(27(33)26(23)32)15-19-5-4-10-29-14-19/h4-14,17,24,31H,15-16H2,1-3H3/b25-23+/t24-/m1/s1. The molecule has 0 spiro atoms. The van der Waals surface area contributed by atoms with Crippen LogP contribution in [0.1, 0.15) is 42.1 Å². The molecule has 1 atom stereocenters. The van der Waals surface area contributed by atoms with Gasteiger partial charge in [0.2, 0.25) is 0 Å². The Morgan fingerprint density at radius 3 is 2.50 bits per heavy atom. The van der Waals surface area contributed by atoms with Gasteiger partial charge in [-0.1, -0.05) is 19.9 Å². The maximum Gasteiger partial charge on any atom is 0.295 e. The first-order chi connectivity index (χ1) is 16.4. The third-order valence-corrected chi connectivity index (χ3v) is 5.66. The number of pyridine rings is 2. The van der Waals surface area contributed by atoms with Crippen LogP contribution in [0.2, 0.25) is 0 Å². The molecule has 0 aliphatic carbocycles. The minimum atomic E-state index is -0.750. The third kappa shape index (κ3) is 4.69. The second-order valence-corrected chi connectivity index (χ2v) is 8.75. The SMILES string of the molecule is Cc1cc(/C(O)=C2\C(=O)C(=O)N(Cc3cccnc3)[C@@H]2c2ccncc2)ccc1OCC(C)C. The number of carbonyl (C=O) groups is 2. The van der Waals surface area contributed by atoms with Crippen molar-refractivity contribution in [2.24, 2.45) is 5.92 Å². The highest BCUT2D eigenvalue weighted by atomic mass is 16.5. The Labute approximate surface area is 198 Å². The monoisotopic (exact) mass is 457 g/mol. The van der Waals surface area contributed by atoms with Crippen molar-refractivity contribution in [1.29, 1.82) is 0 Å². The molecule has 34 heavy (non-hydrogen) atoms. The fourth-order valence-electron chi connectivity index (χ4n) is 3.99. The highest BCUT2D eigenvalue weighted by Gasteiger charge is 2.46. The van der Waals surface area contributed by atoms with E-state index in [-0.39, 0.29) is 17.9 Å². The summed E-state index contributed by atoms with van der Waals surface area (Å²) in [6.45, 7) is 6.78. The summed E-state index contributed by atoms with van der Waals surface area (Å²) in [6, 6.07) is 11.6. The number of aromatic nitrogens is 2. The minimum absolute atomic E-state index is 0.0512. The van der Waals surface area contributed by atoms with Crippen LogP contribution in [0.3, 0.4) is 0 Å². The lowest BCUT2D eigenvalue weighted by Crippen LogP contribution is -2.29. The molecule has 1 amide bonds. The lowest BCUT2D eigenvalue weighted by molar-refractivity contribution is -0.140. The van der Waals surface area contributed by atoms with Crippen molar-refractivity contribution in [3.05, 3.63) is 95.1 Å². The van der Waals surface area contributed by atoms with Gasteiger partial charge in [-0.2, -0.15) is 0 Å². The quantitative estimate of drug-likeness (QED) is 0.320. The predicted octanol–water partition coefficient (Wildman–Crippen LogP) is 4.44. The molecule has 2 aromatic heterocycles. The second-order valence-electron chi connectivity index (χ2n) is 8.75. The van der Waals surface area contributed by atoms with Crippen LogP contribution >= 0.6 is 0 Å². The first-order valence-corrected chi connectivity index (χ1v) is 11.2. The Hall–Kier alpha value is -4.00. The largest absolute Gasteiger partial charge is 0.507 e. The van der Waals surface area contributed by atoms with Gasteiger partial charge in [0.15, 0.2) is 0 Å². The van der Waals surface area contributed by atoms with Crippen molar-refractivity contribution in [2.75, 3.05) is 6.61 Å². The fourth-order valence-corrected chi connectivity index (χ4v) is 3.99. The summed E-state index contributed by atoms with van der Waals surface area (Å²) in [5.41, 5.74) is 2.80. The van der Waals surface area contributed by atoms with Crippen molar-refractivity contribution >= 4 is 17.4 Å². The number of Topliss-reactive ketones (excluding diaryl/α,β-unsaturated/α-hetero) is 1. The van der Waals surface area contributed by atoms with E-state index in [2.05, 4.69) is 23.8 Å². The van der Waals surface area contributed by atoms with E-state index in [1.165, 1.54) is 4.90 Å².